The summed E-state index contributed by atoms with van der Waals surface area (Å²) in [6.45, 7) is 7.98. The molecule has 0 spiro atoms. The van der Waals surface area contributed by atoms with Crippen LogP contribution in [-0.2, 0) is 0 Å². The van der Waals surface area contributed by atoms with E-state index in [-0.39, 0.29) is 0 Å². The van der Waals surface area contributed by atoms with E-state index < -0.39 is 5.66 Å². The van der Waals surface area contributed by atoms with E-state index >= 15 is 0 Å². The van der Waals surface area contributed by atoms with E-state index in [1.165, 1.54) is 0 Å². The molecule has 2 nitrogen and oxygen atoms in total. The first-order valence-corrected chi connectivity index (χ1v) is 5.51. The molecule has 2 heteroatoms. The number of nitrogens with two attached hydrogens (primary N) is 1. The van der Waals surface area contributed by atoms with E-state index in [4.69, 9.17) is 5.73 Å². The first-order chi connectivity index (χ1) is 7.60. The van der Waals surface area contributed by atoms with Crippen molar-refractivity contribution >= 4 is 0 Å². The van der Waals surface area contributed by atoms with Gasteiger partial charge in [0.1, 0.15) is 5.66 Å². The van der Waals surface area contributed by atoms with Crippen molar-refractivity contribution in [1.82, 2.24) is 5.32 Å². The summed E-state index contributed by atoms with van der Waals surface area (Å²) in [5, 5.41) is 3.21. The highest BCUT2D eigenvalue weighted by Gasteiger charge is 2.26. The molecule has 0 amide bonds. The molecule has 86 valence electrons. The summed E-state index contributed by atoms with van der Waals surface area (Å²) >= 11 is 0. The second-order valence-electron chi connectivity index (χ2n) is 4.13. The SMILES string of the molecule is C=C/C=C(\C(C)C)C1(N)/C=C/C=C\C=C/N1. The maximum absolute atomic E-state index is 6.36. The van der Waals surface area contributed by atoms with Crippen molar-refractivity contribution < 1.29 is 0 Å². The molecule has 0 saturated heterocycles. The van der Waals surface area contributed by atoms with Gasteiger partial charge in [0, 0.05) is 0 Å². The van der Waals surface area contributed by atoms with E-state index in [0.29, 0.717) is 5.92 Å². The van der Waals surface area contributed by atoms with Crippen molar-refractivity contribution in [3.05, 3.63) is 60.9 Å². The van der Waals surface area contributed by atoms with E-state index in [1.807, 2.05) is 42.7 Å². The van der Waals surface area contributed by atoms with Crippen molar-refractivity contribution in [3.8, 4) is 0 Å². The highest BCUT2D eigenvalue weighted by Crippen LogP contribution is 2.22. The fourth-order valence-corrected chi connectivity index (χ4v) is 1.74. The molecule has 1 atom stereocenters. The molecule has 16 heavy (non-hydrogen) atoms. The Bertz CT molecular complexity index is 359. The van der Waals surface area contributed by atoms with Gasteiger partial charge in [-0.3, -0.25) is 0 Å². The number of rotatable bonds is 3. The largest absolute Gasteiger partial charge is 0.367 e. The lowest BCUT2D eigenvalue weighted by Crippen LogP contribution is -2.52. The molecule has 0 radical (unpaired) electrons. The maximum atomic E-state index is 6.36. The number of nitrogens with one attached hydrogen (secondary N) is 1. The first kappa shape index (κ1) is 12.5. The molecule has 0 aromatic heterocycles. The number of hydrogen-bond acceptors (Lipinski definition) is 2. The van der Waals surface area contributed by atoms with Crippen LogP contribution in [0.4, 0.5) is 0 Å². The molecule has 1 rings (SSSR count). The molecule has 0 aromatic rings. The Morgan fingerprint density at radius 2 is 2.00 bits per heavy atom. The van der Waals surface area contributed by atoms with E-state index in [9.17, 15) is 0 Å². The highest BCUT2D eigenvalue weighted by molar-refractivity contribution is 5.34. The van der Waals surface area contributed by atoms with Crippen molar-refractivity contribution in [2.45, 2.75) is 19.5 Å². The zero-order valence-electron chi connectivity index (χ0n) is 9.98. The molecular weight excluding hydrogens is 196 g/mol. The van der Waals surface area contributed by atoms with Gasteiger partial charge in [-0.05, 0) is 29.8 Å². The summed E-state index contributed by atoms with van der Waals surface area (Å²) in [5.74, 6) is 0.358. The average molecular weight is 216 g/mol. The van der Waals surface area contributed by atoms with Gasteiger partial charge in [0.05, 0.1) is 0 Å². The third-order valence-corrected chi connectivity index (χ3v) is 2.51. The third-order valence-electron chi connectivity index (χ3n) is 2.51. The number of allylic oxidation sites excluding steroid dienone is 6. The Morgan fingerprint density at radius 1 is 1.31 bits per heavy atom. The normalized spacial score (nSPS) is 31.1. The number of hydrogen-bond donors (Lipinski definition) is 2. The Morgan fingerprint density at radius 3 is 2.62 bits per heavy atom. The average Bonchev–Trinajstić information content (AvgIpc) is 2.20. The van der Waals surface area contributed by atoms with Crippen molar-refractivity contribution in [2.75, 3.05) is 0 Å². The van der Waals surface area contributed by atoms with Crippen LogP contribution in [-0.4, -0.2) is 5.66 Å². The summed E-state index contributed by atoms with van der Waals surface area (Å²) in [4.78, 5) is 0. The van der Waals surface area contributed by atoms with Crippen molar-refractivity contribution in [2.24, 2.45) is 11.7 Å². The predicted molar refractivity (Wildman–Crippen MR) is 70.6 cm³/mol. The quantitative estimate of drug-likeness (QED) is 0.712. The molecule has 1 heterocycles. The van der Waals surface area contributed by atoms with Crippen LogP contribution in [0.25, 0.3) is 0 Å². The van der Waals surface area contributed by atoms with Crippen LogP contribution in [0.5, 0.6) is 0 Å². The highest BCUT2D eigenvalue weighted by atomic mass is 15.1. The smallest absolute Gasteiger partial charge is 0.128 e. The molecule has 0 aromatic carbocycles. The summed E-state index contributed by atoms with van der Waals surface area (Å²) in [7, 11) is 0. The van der Waals surface area contributed by atoms with Gasteiger partial charge >= 0.3 is 0 Å². The van der Waals surface area contributed by atoms with Crippen LogP contribution in [0, 0.1) is 5.92 Å². The van der Waals surface area contributed by atoms with Gasteiger partial charge in [-0.15, -0.1) is 0 Å². The van der Waals surface area contributed by atoms with Gasteiger partial charge in [-0.1, -0.05) is 50.8 Å². The molecule has 0 bridgehead atoms. The van der Waals surface area contributed by atoms with Gasteiger partial charge in [-0.2, -0.15) is 0 Å². The van der Waals surface area contributed by atoms with E-state index in [1.54, 1.807) is 6.08 Å². The van der Waals surface area contributed by atoms with E-state index in [2.05, 4.69) is 25.7 Å². The zero-order valence-corrected chi connectivity index (χ0v) is 9.98. The van der Waals surface area contributed by atoms with Crippen molar-refractivity contribution in [1.29, 1.82) is 0 Å². The van der Waals surface area contributed by atoms with E-state index in [0.717, 1.165) is 5.57 Å². The van der Waals surface area contributed by atoms with Crippen LogP contribution >= 0.6 is 0 Å². The molecule has 1 aliphatic rings. The van der Waals surface area contributed by atoms with Crippen LogP contribution in [0.2, 0.25) is 0 Å². The second-order valence-corrected chi connectivity index (χ2v) is 4.13. The third kappa shape index (κ3) is 2.97. The topological polar surface area (TPSA) is 38.0 Å². The Kier molecular flexibility index (Phi) is 4.32. The van der Waals surface area contributed by atoms with Crippen molar-refractivity contribution in [3.63, 3.8) is 0 Å². The summed E-state index contributed by atoms with van der Waals surface area (Å²) < 4.78 is 0. The summed E-state index contributed by atoms with van der Waals surface area (Å²) in [5.41, 5.74) is 6.84. The minimum atomic E-state index is -0.635. The first-order valence-electron chi connectivity index (χ1n) is 5.51. The lowest BCUT2D eigenvalue weighted by molar-refractivity contribution is 0.495. The van der Waals surface area contributed by atoms with Gasteiger partial charge < -0.3 is 11.1 Å². The van der Waals surface area contributed by atoms with Crippen LogP contribution in [0.3, 0.4) is 0 Å². The van der Waals surface area contributed by atoms with Gasteiger partial charge in [0.25, 0.3) is 0 Å². The monoisotopic (exact) mass is 216 g/mol. The van der Waals surface area contributed by atoms with Gasteiger partial charge in [0.15, 0.2) is 0 Å². The van der Waals surface area contributed by atoms with Gasteiger partial charge in [-0.25, -0.2) is 0 Å². The maximum Gasteiger partial charge on any atom is 0.128 e. The standard InChI is InChI=1S/C14H20N2/c1-4-9-13(12(2)3)14(15)10-7-5-6-8-11-16-14/h4-12,16H,1,15H2,2-3H3/b6-5-,10-7+,11-8-,13-9+. The minimum absolute atomic E-state index is 0.358. The second kappa shape index (κ2) is 5.52. The molecule has 1 unspecified atom stereocenters. The summed E-state index contributed by atoms with van der Waals surface area (Å²) in [6, 6.07) is 0. The summed E-state index contributed by atoms with van der Waals surface area (Å²) in [6.07, 6.45) is 15.4. The van der Waals surface area contributed by atoms with Crippen LogP contribution in [0.15, 0.2) is 60.9 Å². The molecule has 1 aliphatic heterocycles. The minimum Gasteiger partial charge on any atom is -0.367 e. The fourth-order valence-electron chi connectivity index (χ4n) is 1.74. The Balaban J connectivity index is 3.10. The molecule has 0 aliphatic carbocycles. The molecular formula is C14H20N2. The van der Waals surface area contributed by atoms with Crippen LogP contribution < -0.4 is 11.1 Å². The van der Waals surface area contributed by atoms with Gasteiger partial charge in [0.2, 0.25) is 0 Å². The zero-order chi connectivity index (χ0) is 12.0. The Labute approximate surface area is 97.9 Å². The lowest BCUT2D eigenvalue weighted by Gasteiger charge is -2.32. The molecule has 0 fully saturated rings. The van der Waals surface area contributed by atoms with Crippen LogP contribution in [0.1, 0.15) is 13.8 Å². The lowest BCUT2D eigenvalue weighted by atomic mass is 9.89. The molecule has 0 saturated carbocycles. The Hall–Kier alpha value is -1.54. The fraction of sp³-hybridized carbons (Fsp3) is 0.286. The predicted octanol–water partition coefficient (Wildman–Crippen LogP) is 2.64. The molecule has 3 N–H and O–H groups in total.